The van der Waals surface area contributed by atoms with E-state index in [4.69, 9.17) is 15.2 Å². The summed E-state index contributed by atoms with van der Waals surface area (Å²) in [6.07, 6.45) is 6.85. The molecule has 0 atom stereocenters. The van der Waals surface area contributed by atoms with E-state index in [-0.39, 0.29) is 18.3 Å². The van der Waals surface area contributed by atoms with E-state index in [1.54, 1.807) is 36.5 Å². The van der Waals surface area contributed by atoms with Gasteiger partial charge in [-0.15, -0.1) is 0 Å². The van der Waals surface area contributed by atoms with Crippen LogP contribution in [0.3, 0.4) is 0 Å². The average Bonchev–Trinajstić information content (AvgIpc) is 3.31. The van der Waals surface area contributed by atoms with Crippen molar-refractivity contribution in [2.45, 2.75) is 32.1 Å². The Hall–Kier alpha value is -4.50. The molecule has 0 spiro atoms. The molecule has 2 aromatic carbocycles. The number of aliphatic hydroxyl groups is 1. The van der Waals surface area contributed by atoms with Crippen molar-refractivity contribution in [3.63, 3.8) is 0 Å². The minimum atomic E-state index is -1.18. The number of aryl methyl sites for hydroxylation is 1. The lowest BCUT2D eigenvalue weighted by molar-refractivity contribution is 0.102. The second-order valence-corrected chi connectivity index (χ2v) is 8.55. The molecule has 37 heavy (non-hydrogen) atoms. The number of hydrogen-bond donors (Lipinski definition) is 4. The number of aliphatic hydroxyl groups excluding tert-OH is 1. The lowest BCUT2D eigenvalue weighted by atomic mass is 10.0. The summed E-state index contributed by atoms with van der Waals surface area (Å²) in [5, 5.41) is 23.0. The number of aromatic nitrogens is 3. The van der Waals surface area contributed by atoms with Gasteiger partial charge in [0.05, 0.1) is 5.69 Å². The van der Waals surface area contributed by atoms with Gasteiger partial charge in [0.2, 0.25) is 5.95 Å². The molecule has 2 amide bonds. The van der Waals surface area contributed by atoms with E-state index in [1.165, 1.54) is 0 Å². The van der Waals surface area contributed by atoms with Gasteiger partial charge in [-0.1, -0.05) is 43.2 Å². The highest BCUT2D eigenvalue weighted by Crippen LogP contribution is 2.23. The van der Waals surface area contributed by atoms with Gasteiger partial charge in [0, 0.05) is 35.8 Å². The van der Waals surface area contributed by atoms with Gasteiger partial charge in [0.1, 0.15) is 5.82 Å². The second kappa shape index (κ2) is 12.5. The molecule has 2 aromatic heterocycles. The summed E-state index contributed by atoms with van der Waals surface area (Å²) in [5.74, 6) is 0.371. The van der Waals surface area contributed by atoms with Gasteiger partial charge < -0.3 is 10.2 Å². The van der Waals surface area contributed by atoms with Crippen LogP contribution >= 0.6 is 0 Å². The van der Waals surface area contributed by atoms with E-state index < -0.39 is 6.09 Å². The Morgan fingerprint density at radius 2 is 1.68 bits per heavy atom. The molecule has 0 aliphatic rings. The Morgan fingerprint density at radius 1 is 0.865 bits per heavy atom. The number of benzene rings is 2. The number of pyridine rings is 1. The van der Waals surface area contributed by atoms with Crippen molar-refractivity contribution >= 4 is 23.8 Å². The van der Waals surface area contributed by atoms with E-state index in [1.807, 2.05) is 47.2 Å². The molecule has 190 valence electrons. The molecule has 9 heteroatoms. The van der Waals surface area contributed by atoms with Crippen molar-refractivity contribution in [1.29, 1.82) is 0 Å². The Labute approximate surface area is 214 Å². The zero-order valence-corrected chi connectivity index (χ0v) is 20.3. The van der Waals surface area contributed by atoms with Gasteiger partial charge in [0.25, 0.3) is 5.91 Å². The third kappa shape index (κ3) is 7.02. The van der Waals surface area contributed by atoms with Crippen molar-refractivity contribution in [2.24, 2.45) is 0 Å². The summed E-state index contributed by atoms with van der Waals surface area (Å²) in [6.45, 7) is 0.212. The summed E-state index contributed by atoms with van der Waals surface area (Å²) >= 11 is 0. The zero-order chi connectivity index (χ0) is 26.0. The normalized spacial score (nSPS) is 10.7. The number of nitrogens with zero attached hydrogens (tertiary/aromatic N) is 3. The number of rotatable bonds is 11. The summed E-state index contributed by atoms with van der Waals surface area (Å²) < 4.78 is 1.88. The first-order valence-corrected chi connectivity index (χ1v) is 12.2. The third-order valence-electron chi connectivity index (χ3n) is 5.81. The topological polar surface area (TPSA) is 129 Å². The molecular formula is C28H29N5O4. The van der Waals surface area contributed by atoms with Gasteiger partial charge >= 0.3 is 6.09 Å². The standard InChI is InChI=1S/C28H29N5O4/c34-16-7-2-1-4-11-23-19-33(24-12-5-3-6-13-24)27(30-23)32-26(35)21-10-8-9-20(17-21)22-14-15-25(29-18-22)31-28(36)37/h3,5-6,8-10,12-15,17-19,34H,1-2,4,7,11,16H2,(H,29,31)(H,36,37)(H,30,32,35). The summed E-state index contributed by atoms with van der Waals surface area (Å²) in [5.41, 5.74) is 3.76. The van der Waals surface area contributed by atoms with Crippen LogP contribution in [0.25, 0.3) is 16.8 Å². The van der Waals surface area contributed by atoms with Crippen LogP contribution in [0.2, 0.25) is 0 Å². The molecule has 0 aliphatic heterocycles. The summed E-state index contributed by atoms with van der Waals surface area (Å²) in [6, 6.07) is 20.2. The second-order valence-electron chi connectivity index (χ2n) is 8.55. The van der Waals surface area contributed by atoms with E-state index in [0.717, 1.165) is 54.6 Å². The quantitative estimate of drug-likeness (QED) is 0.205. The molecule has 0 saturated carbocycles. The number of carboxylic acid groups (broad SMARTS) is 1. The fraction of sp³-hybridized carbons (Fsp3) is 0.214. The van der Waals surface area contributed by atoms with Crippen molar-refractivity contribution < 1.29 is 19.8 Å². The molecular weight excluding hydrogens is 470 g/mol. The Kier molecular flexibility index (Phi) is 8.62. The van der Waals surface area contributed by atoms with Crippen LogP contribution < -0.4 is 10.6 Å². The molecule has 4 N–H and O–H groups in total. The number of nitrogens with one attached hydrogen (secondary N) is 2. The minimum absolute atomic E-state index is 0.212. The predicted molar refractivity (Wildman–Crippen MR) is 142 cm³/mol. The van der Waals surface area contributed by atoms with E-state index >= 15 is 0 Å². The van der Waals surface area contributed by atoms with Gasteiger partial charge in [-0.3, -0.25) is 20.0 Å². The van der Waals surface area contributed by atoms with Gasteiger partial charge in [-0.05, 0) is 61.2 Å². The van der Waals surface area contributed by atoms with Crippen LogP contribution in [0.15, 0.2) is 79.1 Å². The van der Waals surface area contributed by atoms with Crippen LogP contribution in [-0.2, 0) is 6.42 Å². The number of carbonyl (C=O) groups excluding carboxylic acids is 1. The van der Waals surface area contributed by atoms with Crippen LogP contribution in [0.1, 0.15) is 41.7 Å². The van der Waals surface area contributed by atoms with Gasteiger partial charge in [-0.25, -0.2) is 14.8 Å². The molecule has 0 saturated heterocycles. The van der Waals surface area contributed by atoms with Crippen molar-refractivity contribution in [1.82, 2.24) is 14.5 Å². The molecule has 0 bridgehead atoms. The van der Waals surface area contributed by atoms with Crippen molar-refractivity contribution in [3.05, 3.63) is 90.4 Å². The number of unbranched alkanes of at least 4 members (excludes halogenated alkanes) is 3. The number of carbonyl (C=O) groups is 2. The SMILES string of the molecule is O=C(O)Nc1ccc(-c2cccc(C(=O)Nc3nc(CCCCCCO)cn3-c3ccccc3)c2)cn1. The number of hydrogen-bond acceptors (Lipinski definition) is 5. The first-order chi connectivity index (χ1) is 18.0. The number of anilines is 2. The van der Waals surface area contributed by atoms with Crippen LogP contribution in [-0.4, -0.2) is 43.4 Å². The lowest BCUT2D eigenvalue weighted by Crippen LogP contribution is -2.15. The minimum Gasteiger partial charge on any atom is -0.465 e. The predicted octanol–water partition coefficient (Wildman–Crippen LogP) is 5.37. The Bertz CT molecular complexity index is 1340. The summed E-state index contributed by atoms with van der Waals surface area (Å²) in [7, 11) is 0. The molecule has 0 unspecified atom stereocenters. The smallest absolute Gasteiger partial charge is 0.410 e. The van der Waals surface area contributed by atoms with E-state index in [9.17, 15) is 9.59 Å². The largest absolute Gasteiger partial charge is 0.465 e. The van der Waals surface area contributed by atoms with Crippen LogP contribution in [0, 0.1) is 0 Å². The lowest BCUT2D eigenvalue weighted by Gasteiger charge is -2.10. The fourth-order valence-electron chi connectivity index (χ4n) is 3.96. The van der Waals surface area contributed by atoms with Crippen molar-refractivity contribution in [2.75, 3.05) is 17.2 Å². The number of para-hydroxylation sites is 1. The zero-order valence-electron chi connectivity index (χ0n) is 20.3. The Morgan fingerprint density at radius 3 is 2.41 bits per heavy atom. The number of imidazole rings is 1. The fourth-order valence-corrected chi connectivity index (χ4v) is 3.96. The average molecular weight is 500 g/mol. The molecule has 4 rings (SSSR count). The van der Waals surface area contributed by atoms with Crippen molar-refractivity contribution in [3.8, 4) is 16.8 Å². The molecule has 4 aromatic rings. The van der Waals surface area contributed by atoms with E-state index in [0.29, 0.717) is 11.5 Å². The maximum atomic E-state index is 13.2. The molecule has 2 heterocycles. The van der Waals surface area contributed by atoms with E-state index in [2.05, 4.69) is 15.6 Å². The first kappa shape index (κ1) is 25.6. The van der Waals surface area contributed by atoms with Gasteiger partial charge in [0.15, 0.2) is 0 Å². The Balaban J connectivity index is 1.52. The molecule has 9 nitrogen and oxygen atoms in total. The third-order valence-corrected chi connectivity index (χ3v) is 5.81. The van der Waals surface area contributed by atoms with Gasteiger partial charge in [-0.2, -0.15) is 0 Å². The highest BCUT2D eigenvalue weighted by molar-refractivity contribution is 6.04. The highest BCUT2D eigenvalue weighted by atomic mass is 16.4. The maximum absolute atomic E-state index is 13.2. The highest BCUT2D eigenvalue weighted by Gasteiger charge is 2.15. The monoisotopic (exact) mass is 499 g/mol. The molecule has 0 fully saturated rings. The first-order valence-electron chi connectivity index (χ1n) is 12.2. The molecule has 0 radical (unpaired) electrons. The maximum Gasteiger partial charge on any atom is 0.410 e. The molecule has 0 aliphatic carbocycles. The van der Waals surface area contributed by atoms with Crippen LogP contribution in [0.4, 0.5) is 16.6 Å². The number of amides is 2. The van der Waals surface area contributed by atoms with Crippen LogP contribution in [0.5, 0.6) is 0 Å². The summed E-state index contributed by atoms with van der Waals surface area (Å²) in [4.78, 5) is 32.8.